The van der Waals surface area contributed by atoms with Crippen molar-refractivity contribution in [2.75, 3.05) is 26.8 Å². The number of likely N-dealkylation sites (tertiary alicyclic amines) is 1. The highest BCUT2D eigenvalue weighted by molar-refractivity contribution is 5.77. The van der Waals surface area contributed by atoms with Gasteiger partial charge in [-0.1, -0.05) is 0 Å². The summed E-state index contributed by atoms with van der Waals surface area (Å²) >= 11 is 0. The third kappa shape index (κ3) is 3.30. The molecule has 0 radical (unpaired) electrons. The number of hydrogen-bond acceptors (Lipinski definition) is 5. The first-order valence-electron chi connectivity index (χ1n) is 7.33. The van der Waals surface area contributed by atoms with E-state index in [2.05, 4.69) is 20.2 Å². The van der Waals surface area contributed by atoms with E-state index in [4.69, 9.17) is 4.74 Å². The van der Waals surface area contributed by atoms with Crippen LogP contribution in [0.1, 0.15) is 12.1 Å². The average molecular weight is 301 g/mol. The van der Waals surface area contributed by atoms with Gasteiger partial charge in [0.05, 0.1) is 17.6 Å². The van der Waals surface area contributed by atoms with Gasteiger partial charge in [0.25, 0.3) is 0 Å². The summed E-state index contributed by atoms with van der Waals surface area (Å²) in [5, 5.41) is 6.82. The van der Waals surface area contributed by atoms with Crippen LogP contribution in [0.3, 0.4) is 0 Å². The highest BCUT2D eigenvalue weighted by atomic mass is 16.5. The molecule has 1 amide bonds. The normalized spacial score (nSPS) is 17.9. The van der Waals surface area contributed by atoms with Crippen molar-refractivity contribution in [3.8, 4) is 11.4 Å². The average Bonchev–Trinajstić information content (AvgIpc) is 3.19. The van der Waals surface area contributed by atoms with Crippen LogP contribution in [-0.4, -0.2) is 57.8 Å². The molecule has 116 valence electrons. The molecule has 0 spiro atoms. The second-order valence-electron chi connectivity index (χ2n) is 5.50. The van der Waals surface area contributed by atoms with Crippen molar-refractivity contribution in [3.63, 3.8) is 0 Å². The molecule has 3 rings (SSSR count). The maximum Gasteiger partial charge on any atom is 0.248 e. The van der Waals surface area contributed by atoms with Crippen LogP contribution in [0, 0.1) is 5.92 Å². The maximum absolute atomic E-state index is 11.8. The summed E-state index contributed by atoms with van der Waals surface area (Å²) in [6.07, 6.45) is 7.02. The monoisotopic (exact) mass is 301 g/mol. The SMILES string of the molecule is COCC(=O)N1CCC(Cc2cncc(-c3ccn[nH]3)n2)C1. The molecule has 3 heterocycles. The Labute approximate surface area is 128 Å². The van der Waals surface area contributed by atoms with Crippen LogP contribution in [0.2, 0.25) is 0 Å². The molecule has 7 nitrogen and oxygen atoms in total. The zero-order valence-electron chi connectivity index (χ0n) is 12.5. The molecule has 0 saturated carbocycles. The largest absolute Gasteiger partial charge is 0.375 e. The highest BCUT2D eigenvalue weighted by Crippen LogP contribution is 2.21. The number of nitrogens with zero attached hydrogens (tertiary/aromatic N) is 4. The molecule has 1 fully saturated rings. The molecule has 2 aromatic rings. The van der Waals surface area contributed by atoms with Gasteiger partial charge < -0.3 is 9.64 Å². The van der Waals surface area contributed by atoms with Gasteiger partial charge in [0.2, 0.25) is 5.91 Å². The van der Waals surface area contributed by atoms with Gasteiger partial charge >= 0.3 is 0 Å². The van der Waals surface area contributed by atoms with E-state index < -0.39 is 0 Å². The van der Waals surface area contributed by atoms with Gasteiger partial charge in [0.1, 0.15) is 12.3 Å². The quantitative estimate of drug-likeness (QED) is 0.887. The second kappa shape index (κ2) is 6.65. The van der Waals surface area contributed by atoms with Crippen molar-refractivity contribution < 1.29 is 9.53 Å². The minimum Gasteiger partial charge on any atom is -0.375 e. The molecule has 1 atom stereocenters. The van der Waals surface area contributed by atoms with Gasteiger partial charge in [-0.05, 0) is 24.8 Å². The number of hydrogen-bond donors (Lipinski definition) is 1. The molecule has 1 N–H and O–H groups in total. The summed E-state index contributed by atoms with van der Waals surface area (Å²) in [5.41, 5.74) is 2.59. The molecule has 0 bridgehead atoms. The van der Waals surface area contributed by atoms with Crippen LogP contribution in [0.25, 0.3) is 11.4 Å². The number of ether oxygens (including phenoxy) is 1. The number of aromatic amines is 1. The predicted molar refractivity (Wildman–Crippen MR) is 79.9 cm³/mol. The summed E-state index contributed by atoms with van der Waals surface area (Å²) in [6, 6.07) is 1.87. The van der Waals surface area contributed by atoms with Gasteiger partial charge in [-0.15, -0.1) is 0 Å². The Bertz CT molecular complexity index is 629. The fourth-order valence-corrected chi connectivity index (χ4v) is 2.77. The maximum atomic E-state index is 11.8. The van der Waals surface area contributed by atoms with Crippen molar-refractivity contribution in [2.45, 2.75) is 12.8 Å². The summed E-state index contributed by atoms with van der Waals surface area (Å²) in [4.78, 5) is 22.6. The lowest BCUT2D eigenvalue weighted by atomic mass is 10.0. The van der Waals surface area contributed by atoms with Crippen molar-refractivity contribution in [1.29, 1.82) is 0 Å². The van der Waals surface area contributed by atoms with Crippen molar-refractivity contribution in [1.82, 2.24) is 25.1 Å². The molecule has 1 saturated heterocycles. The third-order valence-corrected chi connectivity index (χ3v) is 3.87. The summed E-state index contributed by atoms with van der Waals surface area (Å²) in [7, 11) is 1.54. The Morgan fingerprint density at radius 1 is 1.50 bits per heavy atom. The molecule has 1 aliphatic heterocycles. The number of nitrogens with one attached hydrogen (secondary N) is 1. The number of carbonyl (C=O) groups is 1. The number of carbonyl (C=O) groups excluding carboxylic acids is 1. The van der Waals surface area contributed by atoms with Crippen LogP contribution in [0.15, 0.2) is 24.7 Å². The molecule has 0 aromatic carbocycles. The van der Waals surface area contributed by atoms with E-state index >= 15 is 0 Å². The topological polar surface area (TPSA) is 84.0 Å². The molecule has 0 aliphatic carbocycles. The first-order valence-corrected chi connectivity index (χ1v) is 7.33. The van der Waals surface area contributed by atoms with Crippen LogP contribution in [0.5, 0.6) is 0 Å². The van der Waals surface area contributed by atoms with Gasteiger partial charge in [-0.2, -0.15) is 5.10 Å². The van der Waals surface area contributed by atoms with Crippen LogP contribution >= 0.6 is 0 Å². The number of H-pyrrole nitrogens is 1. The number of aromatic nitrogens is 4. The molecule has 1 unspecified atom stereocenters. The van der Waals surface area contributed by atoms with Gasteiger partial charge in [0, 0.05) is 32.6 Å². The first kappa shape index (κ1) is 14.6. The molecular formula is C15H19N5O2. The smallest absolute Gasteiger partial charge is 0.248 e. The Hall–Kier alpha value is -2.28. The fourth-order valence-electron chi connectivity index (χ4n) is 2.77. The van der Waals surface area contributed by atoms with Gasteiger partial charge in [-0.25, -0.2) is 4.98 Å². The third-order valence-electron chi connectivity index (χ3n) is 3.87. The summed E-state index contributed by atoms with van der Waals surface area (Å²) in [6.45, 7) is 1.71. The van der Waals surface area contributed by atoms with E-state index in [1.165, 1.54) is 0 Å². The van der Waals surface area contributed by atoms with Crippen molar-refractivity contribution in [2.24, 2.45) is 5.92 Å². The standard InChI is InChI=1S/C15H19N5O2/c1-22-10-15(21)20-5-3-11(9-20)6-12-7-16-8-14(18-12)13-2-4-17-19-13/h2,4,7-8,11H,3,5-6,9-10H2,1H3,(H,17,19). The predicted octanol–water partition coefficient (Wildman–Crippen LogP) is 0.904. The minimum atomic E-state index is 0.0577. The van der Waals surface area contributed by atoms with Gasteiger partial charge in [0.15, 0.2) is 0 Å². The summed E-state index contributed by atoms with van der Waals surface area (Å²) in [5.74, 6) is 0.481. The first-order chi connectivity index (χ1) is 10.8. The molecular weight excluding hydrogens is 282 g/mol. The minimum absolute atomic E-state index is 0.0577. The van der Waals surface area contributed by atoms with Crippen molar-refractivity contribution in [3.05, 3.63) is 30.4 Å². The van der Waals surface area contributed by atoms with E-state index in [1.54, 1.807) is 25.7 Å². The lowest BCUT2D eigenvalue weighted by molar-refractivity contribution is -0.134. The van der Waals surface area contributed by atoms with Crippen molar-refractivity contribution >= 4 is 5.91 Å². The Morgan fingerprint density at radius 2 is 2.41 bits per heavy atom. The van der Waals surface area contributed by atoms with E-state index in [0.717, 1.165) is 43.0 Å². The Kier molecular flexibility index (Phi) is 4.43. The Morgan fingerprint density at radius 3 is 3.18 bits per heavy atom. The fraction of sp³-hybridized carbons (Fsp3) is 0.467. The molecule has 2 aromatic heterocycles. The van der Waals surface area contributed by atoms with Gasteiger partial charge in [-0.3, -0.25) is 14.9 Å². The number of rotatable bonds is 5. The van der Waals surface area contributed by atoms with Crippen LogP contribution in [-0.2, 0) is 16.0 Å². The van der Waals surface area contributed by atoms with Crippen LogP contribution < -0.4 is 0 Å². The molecule has 7 heteroatoms. The van der Waals surface area contributed by atoms with E-state index in [1.807, 2.05) is 11.0 Å². The summed E-state index contributed by atoms with van der Waals surface area (Å²) < 4.78 is 4.90. The van der Waals surface area contributed by atoms with E-state index in [0.29, 0.717) is 5.92 Å². The number of methoxy groups -OCH3 is 1. The van der Waals surface area contributed by atoms with Crippen LogP contribution in [0.4, 0.5) is 0 Å². The zero-order valence-corrected chi connectivity index (χ0v) is 12.5. The Balaban J connectivity index is 1.62. The number of amides is 1. The highest BCUT2D eigenvalue weighted by Gasteiger charge is 2.26. The lowest BCUT2D eigenvalue weighted by Crippen LogP contribution is -2.31. The zero-order chi connectivity index (χ0) is 15.4. The lowest BCUT2D eigenvalue weighted by Gasteiger charge is -2.15. The van der Waals surface area contributed by atoms with E-state index in [-0.39, 0.29) is 12.5 Å². The second-order valence-corrected chi connectivity index (χ2v) is 5.50. The molecule has 1 aliphatic rings. The molecule has 22 heavy (non-hydrogen) atoms. The van der Waals surface area contributed by atoms with E-state index in [9.17, 15) is 4.79 Å².